The van der Waals surface area contributed by atoms with Crippen LogP contribution in [0.2, 0.25) is 0 Å². The van der Waals surface area contributed by atoms with Gasteiger partial charge in [0.1, 0.15) is 5.82 Å². The minimum atomic E-state index is -0.708. The van der Waals surface area contributed by atoms with Gasteiger partial charge in [-0.1, -0.05) is 67.9 Å². The molecule has 4 N–H and O–H groups in total. The maximum Gasteiger partial charge on any atom is 0.304 e. The van der Waals surface area contributed by atoms with Gasteiger partial charge >= 0.3 is 5.97 Å². The normalized spacial score (nSPS) is 19.9. The molecule has 2 aromatic carbocycles. The first kappa shape index (κ1) is 23.4. The molecule has 5 rings (SSSR count). The van der Waals surface area contributed by atoms with E-state index in [1.165, 1.54) is 16.7 Å². The summed E-state index contributed by atoms with van der Waals surface area (Å²) < 4.78 is 0. The lowest BCUT2D eigenvalue weighted by atomic mass is 9.62. The molecule has 182 valence electrons. The second-order valence-corrected chi connectivity index (χ2v) is 10.1. The number of fused-ring (bicyclic) bond motifs is 1. The van der Waals surface area contributed by atoms with Crippen LogP contribution in [-0.4, -0.2) is 35.2 Å². The zero-order valence-electron chi connectivity index (χ0n) is 20.2. The third kappa shape index (κ3) is 5.03. The van der Waals surface area contributed by atoms with Gasteiger partial charge in [-0.2, -0.15) is 0 Å². The zero-order valence-corrected chi connectivity index (χ0v) is 20.2. The first-order valence-electron chi connectivity index (χ1n) is 12.6. The summed E-state index contributed by atoms with van der Waals surface area (Å²) in [6.45, 7) is 3.84. The molecular formula is C29H34N4O2. The Morgan fingerprint density at radius 2 is 1.91 bits per heavy atom. The van der Waals surface area contributed by atoms with Crippen molar-refractivity contribution in [1.82, 2.24) is 10.3 Å². The molecule has 1 aromatic heterocycles. The molecule has 1 aliphatic carbocycles. The van der Waals surface area contributed by atoms with E-state index in [1.54, 1.807) is 0 Å². The third-order valence-corrected chi connectivity index (χ3v) is 7.72. The molecule has 3 atom stereocenters. The van der Waals surface area contributed by atoms with E-state index in [4.69, 9.17) is 0 Å². The highest BCUT2D eigenvalue weighted by molar-refractivity contribution is 5.69. The van der Waals surface area contributed by atoms with Crippen molar-refractivity contribution in [3.8, 4) is 0 Å². The van der Waals surface area contributed by atoms with Crippen molar-refractivity contribution in [1.29, 1.82) is 0 Å². The molecule has 1 aliphatic heterocycles. The molecule has 1 saturated carbocycles. The third-order valence-electron chi connectivity index (χ3n) is 7.72. The van der Waals surface area contributed by atoms with Crippen LogP contribution in [0, 0.1) is 0 Å². The van der Waals surface area contributed by atoms with Crippen LogP contribution in [0.5, 0.6) is 0 Å². The summed E-state index contributed by atoms with van der Waals surface area (Å²) in [4.78, 5) is 16.0. The number of carbonyl (C=O) groups is 1. The molecule has 0 unspecified atom stereocenters. The van der Waals surface area contributed by atoms with E-state index in [0.29, 0.717) is 0 Å². The number of anilines is 2. The molecule has 6 heteroatoms. The van der Waals surface area contributed by atoms with Gasteiger partial charge in [0.15, 0.2) is 0 Å². The predicted octanol–water partition coefficient (Wildman–Crippen LogP) is 5.32. The summed E-state index contributed by atoms with van der Waals surface area (Å²) >= 11 is 0. The fourth-order valence-corrected chi connectivity index (χ4v) is 5.52. The van der Waals surface area contributed by atoms with Crippen LogP contribution in [-0.2, 0) is 10.2 Å². The quantitative estimate of drug-likeness (QED) is 0.339. The number of aromatic nitrogens is 1. The fourth-order valence-electron chi connectivity index (χ4n) is 5.52. The molecule has 1 fully saturated rings. The highest BCUT2D eigenvalue weighted by atomic mass is 16.4. The largest absolute Gasteiger partial charge is 0.481 e. The van der Waals surface area contributed by atoms with Gasteiger partial charge in [0.2, 0.25) is 0 Å². The van der Waals surface area contributed by atoms with Crippen LogP contribution in [0.15, 0.2) is 72.9 Å². The van der Waals surface area contributed by atoms with Crippen LogP contribution in [0.1, 0.15) is 61.3 Å². The van der Waals surface area contributed by atoms with Crippen molar-refractivity contribution < 1.29 is 9.90 Å². The van der Waals surface area contributed by atoms with Crippen molar-refractivity contribution in [2.45, 2.75) is 56.0 Å². The molecule has 0 spiro atoms. The van der Waals surface area contributed by atoms with Gasteiger partial charge in [0.05, 0.1) is 24.2 Å². The van der Waals surface area contributed by atoms with Gasteiger partial charge in [0.25, 0.3) is 0 Å². The maximum absolute atomic E-state index is 11.5. The number of pyridine rings is 1. The number of benzene rings is 2. The Morgan fingerprint density at radius 3 is 2.66 bits per heavy atom. The molecule has 35 heavy (non-hydrogen) atoms. The zero-order chi connectivity index (χ0) is 24.3. The average molecular weight is 471 g/mol. The highest BCUT2D eigenvalue weighted by Gasteiger charge is 2.40. The Kier molecular flexibility index (Phi) is 6.73. The van der Waals surface area contributed by atoms with Gasteiger partial charge in [0, 0.05) is 24.7 Å². The van der Waals surface area contributed by atoms with E-state index in [0.717, 1.165) is 43.9 Å². The van der Waals surface area contributed by atoms with Crippen LogP contribution >= 0.6 is 0 Å². The molecule has 3 aromatic rings. The smallest absolute Gasteiger partial charge is 0.304 e. The molecule has 2 heterocycles. The highest BCUT2D eigenvalue weighted by Crippen LogP contribution is 2.47. The van der Waals surface area contributed by atoms with Gasteiger partial charge in [-0.05, 0) is 47.6 Å². The first-order chi connectivity index (χ1) is 17.0. The molecule has 0 amide bonds. The second-order valence-electron chi connectivity index (χ2n) is 10.1. The minimum absolute atomic E-state index is 0.106. The predicted molar refractivity (Wildman–Crippen MR) is 140 cm³/mol. The van der Waals surface area contributed by atoms with Gasteiger partial charge in [-0.15, -0.1) is 0 Å². The Hall–Kier alpha value is -3.38. The van der Waals surface area contributed by atoms with Crippen LogP contribution in [0.25, 0.3) is 0 Å². The van der Waals surface area contributed by atoms with E-state index in [1.807, 2.05) is 24.4 Å². The van der Waals surface area contributed by atoms with Crippen molar-refractivity contribution >= 4 is 17.5 Å². The Balaban J connectivity index is 1.32. The number of carboxylic acids is 1. The van der Waals surface area contributed by atoms with E-state index in [-0.39, 0.29) is 29.8 Å². The Morgan fingerprint density at radius 1 is 1.11 bits per heavy atom. The van der Waals surface area contributed by atoms with Crippen LogP contribution < -0.4 is 16.0 Å². The van der Waals surface area contributed by atoms with Crippen molar-refractivity contribution in [2.24, 2.45) is 0 Å². The number of hydrogen-bond acceptors (Lipinski definition) is 5. The number of aliphatic carboxylic acids is 1. The molecule has 6 nitrogen and oxygen atoms in total. The second kappa shape index (κ2) is 10.1. The summed E-state index contributed by atoms with van der Waals surface area (Å²) in [6.07, 6.45) is 5.06. The molecule has 0 radical (unpaired) electrons. The van der Waals surface area contributed by atoms with Gasteiger partial charge < -0.3 is 21.1 Å². The van der Waals surface area contributed by atoms with Gasteiger partial charge in [-0.3, -0.25) is 4.79 Å². The minimum Gasteiger partial charge on any atom is -0.481 e. The SMILES string of the molecule is C[C@@H](CN[C@H](c1ccccc1)[C@H]1CNc2cccnc2N1)c1cccc(C2(CC(=O)O)CCC2)c1. The fraction of sp³-hybridized carbons (Fsp3) is 0.379. The molecule has 0 saturated heterocycles. The lowest BCUT2D eigenvalue weighted by Gasteiger charge is -2.41. The number of nitrogens with zero attached hydrogens (tertiary/aromatic N) is 1. The number of carboxylic acid groups (broad SMARTS) is 1. The summed E-state index contributed by atoms with van der Waals surface area (Å²) in [5, 5.41) is 20.4. The van der Waals surface area contributed by atoms with Crippen molar-refractivity contribution in [3.05, 3.63) is 89.6 Å². The standard InChI is InChI=1S/C29H34N4O2/c1-20(22-10-5-11-23(16-22)29(13-7-14-29)17-26(34)35)18-32-27(21-8-3-2-4-9-21)25-19-31-24-12-6-15-30-28(24)33-25/h2-6,8-12,15-16,20,25,27,31-32H,7,13-14,17-19H2,1H3,(H,30,33)(H,34,35)/t20-,25+,27+/m0/s1. The topological polar surface area (TPSA) is 86.3 Å². The lowest BCUT2D eigenvalue weighted by molar-refractivity contribution is -0.139. The van der Waals surface area contributed by atoms with E-state index in [2.05, 4.69) is 76.4 Å². The average Bonchev–Trinajstić information content (AvgIpc) is 2.87. The molecule has 2 aliphatic rings. The van der Waals surface area contributed by atoms with Crippen molar-refractivity contribution in [3.63, 3.8) is 0 Å². The summed E-state index contributed by atoms with van der Waals surface area (Å²) in [5.74, 6) is 0.460. The van der Waals surface area contributed by atoms with Crippen LogP contribution in [0.3, 0.4) is 0 Å². The Bertz CT molecular complexity index is 1160. The first-order valence-corrected chi connectivity index (χ1v) is 12.6. The number of rotatable bonds is 9. The number of nitrogens with one attached hydrogen (secondary N) is 3. The summed E-state index contributed by atoms with van der Waals surface area (Å²) in [5.41, 5.74) is 4.50. The van der Waals surface area contributed by atoms with Crippen molar-refractivity contribution in [2.75, 3.05) is 23.7 Å². The van der Waals surface area contributed by atoms with E-state index in [9.17, 15) is 9.90 Å². The lowest BCUT2D eigenvalue weighted by Crippen LogP contribution is -2.45. The van der Waals surface area contributed by atoms with Gasteiger partial charge in [-0.25, -0.2) is 4.98 Å². The maximum atomic E-state index is 11.5. The molecule has 0 bridgehead atoms. The summed E-state index contributed by atoms with van der Waals surface area (Å²) in [6, 6.07) is 23.4. The Labute approximate surface area is 207 Å². The molecular weight excluding hydrogens is 436 g/mol. The summed E-state index contributed by atoms with van der Waals surface area (Å²) in [7, 11) is 0. The van der Waals surface area contributed by atoms with E-state index >= 15 is 0 Å². The number of hydrogen-bond donors (Lipinski definition) is 4. The van der Waals surface area contributed by atoms with Crippen LogP contribution in [0.4, 0.5) is 11.5 Å². The van der Waals surface area contributed by atoms with E-state index < -0.39 is 5.97 Å². The monoisotopic (exact) mass is 470 g/mol.